The van der Waals surface area contributed by atoms with Crippen LogP contribution in [0.1, 0.15) is 16.2 Å². The highest BCUT2D eigenvalue weighted by Crippen LogP contribution is 2.13. The van der Waals surface area contributed by atoms with Crippen LogP contribution in [0.3, 0.4) is 0 Å². The predicted octanol–water partition coefficient (Wildman–Crippen LogP) is 1.84. The molecule has 0 unspecified atom stereocenters. The van der Waals surface area contributed by atoms with Gasteiger partial charge in [-0.2, -0.15) is 5.10 Å². The number of aromatic amines is 1. The van der Waals surface area contributed by atoms with Crippen molar-refractivity contribution >= 4 is 21.8 Å². The minimum Gasteiger partial charge on any atom is -0.335 e. The third kappa shape index (κ3) is 2.91. The molecule has 0 fully saturated rings. The number of carbonyl (C=O) groups is 1. The lowest BCUT2D eigenvalue weighted by Crippen LogP contribution is -2.27. The Balaban J connectivity index is 2.07. The summed E-state index contributed by atoms with van der Waals surface area (Å²) in [5.41, 5.74) is 1.05. The van der Waals surface area contributed by atoms with Gasteiger partial charge in [0.05, 0.1) is 0 Å². The fraction of sp³-hybridized carbons (Fsp3) is 0.182. The molecule has 88 valence electrons. The van der Waals surface area contributed by atoms with Crippen molar-refractivity contribution < 1.29 is 4.79 Å². The van der Waals surface area contributed by atoms with Crippen LogP contribution in [0.5, 0.6) is 0 Å². The molecule has 0 spiro atoms. The van der Waals surface area contributed by atoms with Crippen LogP contribution in [0.4, 0.5) is 0 Å². The number of rotatable bonds is 3. The van der Waals surface area contributed by atoms with E-state index in [1.165, 1.54) is 6.33 Å². The van der Waals surface area contributed by atoms with E-state index in [1.807, 2.05) is 24.3 Å². The topological polar surface area (TPSA) is 61.9 Å². The molecule has 1 aromatic heterocycles. The standard InChI is InChI=1S/C11H11BrN4O/c1-16(11(17)10-13-7-14-15-10)6-8-3-2-4-9(12)5-8/h2-5,7H,6H2,1H3,(H,13,14,15). The van der Waals surface area contributed by atoms with Gasteiger partial charge >= 0.3 is 0 Å². The van der Waals surface area contributed by atoms with Crippen molar-refractivity contribution in [2.45, 2.75) is 6.54 Å². The number of amides is 1. The first-order valence-electron chi connectivity index (χ1n) is 5.02. The van der Waals surface area contributed by atoms with Gasteiger partial charge in [0.15, 0.2) is 0 Å². The van der Waals surface area contributed by atoms with Crippen LogP contribution in [0.15, 0.2) is 35.1 Å². The number of hydrogen-bond donors (Lipinski definition) is 1. The highest BCUT2D eigenvalue weighted by atomic mass is 79.9. The zero-order chi connectivity index (χ0) is 12.3. The maximum absolute atomic E-state index is 11.9. The van der Waals surface area contributed by atoms with E-state index in [0.29, 0.717) is 6.54 Å². The van der Waals surface area contributed by atoms with Crippen molar-refractivity contribution in [1.29, 1.82) is 0 Å². The van der Waals surface area contributed by atoms with Gasteiger partial charge in [0, 0.05) is 18.1 Å². The van der Waals surface area contributed by atoms with Crippen LogP contribution in [0.2, 0.25) is 0 Å². The third-order valence-electron chi connectivity index (χ3n) is 2.27. The van der Waals surface area contributed by atoms with Gasteiger partial charge in [0.1, 0.15) is 6.33 Å². The largest absolute Gasteiger partial charge is 0.335 e. The Bertz CT molecular complexity index is 512. The van der Waals surface area contributed by atoms with Gasteiger partial charge in [-0.05, 0) is 17.7 Å². The fourth-order valence-electron chi connectivity index (χ4n) is 1.47. The maximum atomic E-state index is 11.9. The Labute approximate surface area is 107 Å². The summed E-state index contributed by atoms with van der Waals surface area (Å²) < 4.78 is 0.996. The molecular formula is C11H11BrN4O. The second kappa shape index (κ2) is 5.09. The number of carbonyl (C=O) groups excluding carboxylic acids is 1. The van der Waals surface area contributed by atoms with Crippen molar-refractivity contribution in [1.82, 2.24) is 20.1 Å². The van der Waals surface area contributed by atoms with Gasteiger partial charge in [0.2, 0.25) is 5.82 Å². The summed E-state index contributed by atoms with van der Waals surface area (Å²) in [7, 11) is 1.73. The van der Waals surface area contributed by atoms with Crippen LogP contribution in [-0.2, 0) is 6.54 Å². The van der Waals surface area contributed by atoms with Crippen molar-refractivity contribution in [3.8, 4) is 0 Å². The first-order valence-corrected chi connectivity index (χ1v) is 5.81. The van der Waals surface area contributed by atoms with E-state index in [1.54, 1.807) is 11.9 Å². The predicted molar refractivity (Wildman–Crippen MR) is 66.3 cm³/mol. The molecule has 0 radical (unpaired) electrons. The first kappa shape index (κ1) is 11.8. The molecule has 6 heteroatoms. The monoisotopic (exact) mass is 294 g/mol. The van der Waals surface area contributed by atoms with Crippen molar-refractivity contribution in [3.63, 3.8) is 0 Å². The third-order valence-corrected chi connectivity index (χ3v) is 2.77. The molecule has 0 atom stereocenters. The number of benzene rings is 1. The maximum Gasteiger partial charge on any atom is 0.291 e. The van der Waals surface area contributed by atoms with Gasteiger partial charge < -0.3 is 4.90 Å². The average molecular weight is 295 g/mol. The second-order valence-electron chi connectivity index (χ2n) is 3.63. The van der Waals surface area contributed by atoms with Gasteiger partial charge in [-0.3, -0.25) is 9.89 Å². The molecule has 0 bridgehead atoms. The zero-order valence-electron chi connectivity index (χ0n) is 9.22. The SMILES string of the molecule is CN(Cc1cccc(Br)c1)C(=O)c1ncn[nH]1. The van der Waals surface area contributed by atoms with Crippen LogP contribution in [-0.4, -0.2) is 33.0 Å². The summed E-state index contributed by atoms with van der Waals surface area (Å²) in [6.07, 6.45) is 1.32. The minimum atomic E-state index is -0.178. The molecule has 1 heterocycles. The lowest BCUT2D eigenvalue weighted by molar-refractivity contribution is 0.0773. The minimum absolute atomic E-state index is 0.178. The van der Waals surface area contributed by atoms with Crippen molar-refractivity contribution in [2.75, 3.05) is 7.05 Å². The highest BCUT2D eigenvalue weighted by Gasteiger charge is 2.14. The summed E-state index contributed by atoms with van der Waals surface area (Å²) in [5.74, 6) is 0.0740. The molecule has 5 nitrogen and oxygen atoms in total. The van der Waals surface area contributed by atoms with Gasteiger partial charge in [-0.1, -0.05) is 28.1 Å². The van der Waals surface area contributed by atoms with Gasteiger partial charge in [0.25, 0.3) is 5.91 Å². The van der Waals surface area contributed by atoms with E-state index in [-0.39, 0.29) is 11.7 Å². The number of H-pyrrole nitrogens is 1. The number of hydrogen-bond acceptors (Lipinski definition) is 3. The summed E-state index contributed by atoms with van der Waals surface area (Å²) >= 11 is 3.40. The lowest BCUT2D eigenvalue weighted by Gasteiger charge is -2.15. The molecule has 17 heavy (non-hydrogen) atoms. The zero-order valence-corrected chi connectivity index (χ0v) is 10.8. The fourth-order valence-corrected chi connectivity index (χ4v) is 1.92. The van der Waals surface area contributed by atoms with E-state index in [4.69, 9.17) is 0 Å². The molecule has 1 amide bonds. The lowest BCUT2D eigenvalue weighted by atomic mass is 10.2. The molecule has 0 aliphatic rings. The Morgan fingerprint density at radius 2 is 2.35 bits per heavy atom. The molecule has 2 rings (SSSR count). The number of aromatic nitrogens is 3. The molecule has 0 saturated heterocycles. The van der Waals surface area contributed by atoms with E-state index < -0.39 is 0 Å². The normalized spacial score (nSPS) is 10.2. The molecule has 1 N–H and O–H groups in total. The molecule has 0 aliphatic heterocycles. The van der Waals surface area contributed by atoms with E-state index >= 15 is 0 Å². The molecule has 0 saturated carbocycles. The van der Waals surface area contributed by atoms with Crippen LogP contribution < -0.4 is 0 Å². The van der Waals surface area contributed by atoms with Crippen LogP contribution in [0.25, 0.3) is 0 Å². The highest BCUT2D eigenvalue weighted by molar-refractivity contribution is 9.10. The quantitative estimate of drug-likeness (QED) is 0.940. The number of halogens is 1. The molecule has 1 aromatic carbocycles. The van der Waals surface area contributed by atoms with E-state index in [0.717, 1.165) is 10.0 Å². The Hall–Kier alpha value is -1.69. The Morgan fingerprint density at radius 3 is 3.00 bits per heavy atom. The van der Waals surface area contributed by atoms with Crippen molar-refractivity contribution in [3.05, 3.63) is 46.5 Å². The smallest absolute Gasteiger partial charge is 0.291 e. The Kier molecular flexibility index (Phi) is 3.53. The summed E-state index contributed by atoms with van der Waals surface area (Å²) in [6, 6.07) is 7.83. The van der Waals surface area contributed by atoms with Gasteiger partial charge in [-0.15, -0.1) is 0 Å². The first-order chi connectivity index (χ1) is 8.16. The van der Waals surface area contributed by atoms with E-state index in [9.17, 15) is 4.79 Å². The summed E-state index contributed by atoms with van der Waals surface area (Å²) in [5, 5.41) is 6.21. The summed E-state index contributed by atoms with van der Waals surface area (Å²) in [6.45, 7) is 0.527. The molecule has 2 aromatic rings. The Morgan fingerprint density at radius 1 is 1.53 bits per heavy atom. The molecule has 0 aliphatic carbocycles. The second-order valence-corrected chi connectivity index (χ2v) is 4.54. The van der Waals surface area contributed by atoms with Crippen LogP contribution in [0, 0.1) is 0 Å². The molecular weight excluding hydrogens is 284 g/mol. The van der Waals surface area contributed by atoms with Crippen LogP contribution >= 0.6 is 15.9 Å². The summed E-state index contributed by atoms with van der Waals surface area (Å²) in [4.78, 5) is 17.3. The van der Waals surface area contributed by atoms with E-state index in [2.05, 4.69) is 31.1 Å². The number of nitrogens with zero attached hydrogens (tertiary/aromatic N) is 3. The van der Waals surface area contributed by atoms with Crippen molar-refractivity contribution in [2.24, 2.45) is 0 Å². The van der Waals surface area contributed by atoms with Gasteiger partial charge in [-0.25, -0.2) is 4.98 Å². The number of nitrogens with one attached hydrogen (secondary N) is 1. The average Bonchev–Trinajstić information content (AvgIpc) is 2.81.